The largest absolute Gasteiger partial charge is 0.257 e. The molecule has 0 aliphatic carbocycles. The molecule has 0 amide bonds. The van der Waals surface area contributed by atoms with Gasteiger partial charge in [0.1, 0.15) is 0 Å². The molecule has 0 N–H and O–H groups in total. The maximum absolute atomic E-state index is 4.86. The van der Waals surface area contributed by atoms with Gasteiger partial charge in [0.25, 0.3) is 0 Å². The number of benzene rings is 1. The third kappa shape index (κ3) is 4.93. The molecule has 2 rings (SSSR count). The van der Waals surface area contributed by atoms with E-state index in [1.54, 1.807) is 0 Å². The fourth-order valence-electron chi connectivity index (χ4n) is 3.10. The number of pyridine rings is 1. The molecule has 0 spiro atoms. The molecular weight excluding hydrogens is 290 g/mol. The molecule has 0 bridgehead atoms. The van der Waals surface area contributed by atoms with Crippen LogP contribution in [0.3, 0.4) is 0 Å². The Balaban J connectivity index is 1.99. The van der Waals surface area contributed by atoms with Gasteiger partial charge in [0.15, 0.2) is 0 Å². The maximum Gasteiger partial charge on any atom is 0.0435 e. The zero-order valence-corrected chi connectivity index (χ0v) is 16.2. The summed E-state index contributed by atoms with van der Waals surface area (Å²) in [4.78, 5) is 4.86. The van der Waals surface area contributed by atoms with Crippen molar-refractivity contribution in [3.8, 4) is 0 Å². The average Bonchev–Trinajstić information content (AvgIpc) is 2.59. The Labute approximate surface area is 148 Å². The van der Waals surface area contributed by atoms with Crippen LogP contribution in [0.5, 0.6) is 0 Å². The summed E-state index contributed by atoms with van der Waals surface area (Å²) in [6, 6.07) is 15.6. The summed E-state index contributed by atoms with van der Waals surface area (Å²) in [6.45, 7) is 13.6. The Morgan fingerprint density at radius 3 is 1.92 bits per heavy atom. The van der Waals surface area contributed by atoms with Gasteiger partial charge in [0.2, 0.25) is 0 Å². The van der Waals surface area contributed by atoms with Crippen molar-refractivity contribution in [2.75, 3.05) is 0 Å². The molecule has 0 saturated carbocycles. The average molecular weight is 324 g/mol. The minimum atomic E-state index is 0.495. The summed E-state index contributed by atoms with van der Waals surface area (Å²) in [5, 5.41) is 0. The highest BCUT2D eigenvalue weighted by Crippen LogP contribution is 2.29. The van der Waals surface area contributed by atoms with E-state index in [2.05, 4.69) is 84.0 Å². The molecule has 0 aliphatic rings. The second-order valence-corrected chi connectivity index (χ2v) is 7.85. The van der Waals surface area contributed by atoms with Crippen LogP contribution >= 0.6 is 0 Å². The molecule has 2 unspecified atom stereocenters. The van der Waals surface area contributed by atoms with Gasteiger partial charge >= 0.3 is 0 Å². The maximum atomic E-state index is 4.86. The normalized spacial score (nSPS) is 14.2. The van der Waals surface area contributed by atoms with Gasteiger partial charge in [-0.15, -0.1) is 0 Å². The minimum absolute atomic E-state index is 0.495. The molecule has 0 fully saturated rings. The van der Waals surface area contributed by atoms with Crippen LogP contribution in [0.2, 0.25) is 0 Å². The Morgan fingerprint density at radius 1 is 0.667 bits per heavy atom. The van der Waals surface area contributed by atoms with Crippen LogP contribution in [-0.4, -0.2) is 4.98 Å². The molecule has 2 atom stereocenters. The standard InChI is InChI=1S/C23H33N/c1-16(2)20-9-7-10-21(15-20)18(5)13-14-19(6)23-12-8-11-22(24-23)17(3)4/h7-12,15-19H,13-14H2,1-6H3. The van der Waals surface area contributed by atoms with Crippen LogP contribution < -0.4 is 0 Å². The summed E-state index contributed by atoms with van der Waals surface area (Å²) in [5.41, 5.74) is 5.36. The van der Waals surface area contributed by atoms with Gasteiger partial charge in [-0.05, 0) is 59.8 Å². The molecule has 1 aromatic carbocycles. The van der Waals surface area contributed by atoms with Crippen molar-refractivity contribution < 1.29 is 0 Å². The topological polar surface area (TPSA) is 12.9 Å². The number of rotatable bonds is 7. The summed E-state index contributed by atoms with van der Waals surface area (Å²) >= 11 is 0. The number of hydrogen-bond donors (Lipinski definition) is 0. The van der Waals surface area contributed by atoms with Crippen LogP contribution in [0, 0.1) is 0 Å². The van der Waals surface area contributed by atoms with E-state index in [1.807, 2.05) is 0 Å². The van der Waals surface area contributed by atoms with Gasteiger partial charge in [-0.3, -0.25) is 4.98 Å². The highest BCUT2D eigenvalue weighted by Gasteiger charge is 2.13. The first-order valence-corrected chi connectivity index (χ1v) is 9.45. The van der Waals surface area contributed by atoms with Crippen LogP contribution in [0.15, 0.2) is 42.5 Å². The number of aromatic nitrogens is 1. The lowest BCUT2D eigenvalue weighted by Gasteiger charge is -2.18. The van der Waals surface area contributed by atoms with E-state index >= 15 is 0 Å². The van der Waals surface area contributed by atoms with Crippen LogP contribution in [-0.2, 0) is 0 Å². The van der Waals surface area contributed by atoms with Crippen LogP contribution in [0.25, 0.3) is 0 Å². The first-order valence-electron chi connectivity index (χ1n) is 9.45. The van der Waals surface area contributed by atoms with E-state index in [4.69, 9.17) is 4.98 Å². The minimum Gasteiger partial charge on any atom is -0.257 e. The first-order chi connectivity index (χ1) is 11.4. The van der Waals surface area contributed by atoms with Crippen molar-refractivity contribution >= 4 is 0 Å². The summed E-state index contributed by atoms with van der Waals surface area (Å²) in [5.74, 6) is 2.20. The molecule has 1 heteroatoms. The van der Waals surface area contributed by atoms with Gasteiger partial charge < -0.3 is 0 Å². The molecule has 1 heterocycles. The monoisotopic (exact) mass is 323 g/mol. The molecule has 0 aliphatic heterocycles. The van der Waals surface area contributed by atoms with E-state index in [0.717, 1.165) is 0 Å². The zero-order valence-electron chi connectivity index (χ0n) is 16.2. The quantitative estimate of drug-likeness (QED) is 0.533. The number of hydrogen-bond acceptors (Lipinski definition) is 1. The highest BCUT2D eigenvalue weighted by molar-refractivity contribution is 5.28. The van der Waals surface area contributed by atoms with Crippen molar-refractivity contribution in [1.29, 1.82) is 0 Å². The molecule has 1 aromatic heterocycles. The van der Waals surface area contributed by atoms with Gasteiger partial charge in [-0.2, -0.15) is 0 Å². The molecule has 1 nitrogen and oxygen atoms in total. The first kappa shape index (κ1) is 18.7. The van der Waals surface area contributed by atoms with E-state index in [1.165, 1.54) is 35.4 Å². The smallest absolute Gasteiger partial charge is 0.0435 e. The van der Waals surface area contributed by atoms with Crippen LogP contribution in [0.4, 0.5) is 0 Å². The summed E-state index contributed by atoms with van der Waals surface area (Å²) in [6.07, 6.45) is 2.39. The van der Waals surface area contributed by atoms with E-state index in [9.17, 15) is 0 Å². The molecule has 130 valence electrons. The van der Waals surface area contributed by atoms with Crippen molar-refractivity contribution in [2.45, 2.75) is 78.1 Å². The van der Waals surface area contributed by atoms with Gasteiger partial charge in [-0.1, -0.05) is 71.9 Å². The fourth-order valence-corrected chi connectivity index (χ4v) is 3.10. The molecular formula is C23H33N. The Morgan fingerprint density at radius 2 is 1.25 bits per heavy atom. The van der Waals surface area contributed by atoms with Gasteiger partial charge in [-0.25, -0.2) is 0 Å². The third-order valence-electron chi connectivity index (χ3n) is 5.07. The SMILES string of the molecule is CC(C)c1cccc(C(C)CCC(C)c2cccc(C(C)C)n2)c1. The van der Waals surface area contributed by atoms with Crippen molar-refractivity contribution in [2.24, 2.45) is 0 Å². The molecule has 2 aromatic rings. The highest BCUT2D eigenvalue weighted by atomic mass is 14.7. The fraction of sp³-hybridized carbons (Fsp3) is 0.522. The molecule has 24 heavy (non-hydrogen) atoms. The van der Waals surface area contributed by atoms with Crippen molar-refractivity contribution in [3.63, 3.8) is 0 Å². The lowest BCUT2D eigenvalue weighted by Crippen LogP contribution is -2.03. The van der Waals surface area contributed by atoms with E-state index in [0.29, 0.717) is 23.7 Å². The predicted octanol–water partition coefficient (Wildman–Crippen LogP) is 7.02. The second-order valence-electron chi connectivity index (χ2n) is 7.85. The van der Waals surface area contributed by atoms with Gasteiger partial charge in [0.05, 0.1) is 0 Å². The lowest BCUT2D eigenvalue weighted by atomic mass is 9.89. The van der Waals surface area contributed by atoms with E-state index in [-0.39, 0.29) is 0 Å². The summed E-state index contributed by atoms with van der Waals surface area (Å²) < 4.78 is 0. The van der Waals surface area contributed by atoms with E-state index < -0.39 is 0 Å². The second kappa shape index (κ2) is 8.46. The third-order valence-corrected chi connectivity index (χ3v) is 5.07. The predicted molar refractivity (Wildman–Crippen MR) is 105 cm³/mol. The number of nitrogens with zero attached hydrogens (tertiary/aromatic N) is 1. The Bertz CT molecular complexity index is 584. The Kier molecular flexibility index (Phi) is 6.60. The Hall–Kier alpha value is -1.63. The van der Waals surface area contributed by atoms with Crippen LogP contribution in [0.1, 0.15) is 101 Å². The molecule has 0 saturated heterocycles. The van der Waals surface area contributed by atoms with Gasteiger partial charge in [0, 0.05) is 11.4 Å². The van der Waals surface area contributed by atoms with Crippen molar-refractivity contribution in [1.82, 2.24) is 4.98 Å². The molecule has 0 radical (unpaired) electrons. The zero-order chi connectivity index (χ0) is 17.7. The summed E-state index contributed by atoms with van der Waals surface area (Å²) in [7, 11) is 0. The van der Waals surface area contributed by atoms with Crippen molar-refractivity contribution in [3.05, 3.63) is 65.0 Å². The lowest BCUT2D eigenvalue weighted by molar-refractivity contribution is 0.562.